The largest absolute Gasteiger partial charge is 0.478 e. The fourth-order valence-corrected chi connectivity index (χ4v) is 3.68. The topological polar surface area (TPSA) is 115 Å². The molecule has 1 N–H and O–H groups in total. The van der Waals surface area contributed by atoms with E-state index in [4.69, 9.17) is 0 Å². The van der Waals surface area contributed by atoms with Crippen LogP contribution in [0, 0.1) is 6.92 Å². The molecule has 0 atom stereocenters. The van der Waals surface area contributed by atoms with Crippen molar-refractivity contribution in [2.75, 3.05) is 5.75 Å². The zero-order valence-corrected chi connectivity index (χ0v) is 18.3. The van der Waals surface area contributed by atoms with Gasteiger partial charge in [-0.2, -0.15) is 13.2 Å². The third-order valence-electron chi connectivity index (χ3n) is 4.35. The molecule has 0 aliphatic carbocycles. The first-order chi connectivity index (χ1) is 14.2. The molecule has 12 heteroatoms. The molecule has 0 saturated heterocycles. The van der Waals surface area contributed by atoms with Crippen molar-refractivity contribution in [2.24, 2.45) is 12.0 Å². The summed E-state index contributed by atoms with van der Waals surface area (Å²) >= 11 is 0. The third-order valence-corrected chi connectivity index (χ3v) is 6.09. The molecule has 0 fully saturated rings. The van der Waals surface area contributed by atoms with E-state index in [0.29, 0.717) is 5.69 Å². The second-order valence-corrected chi connectivity index (χ2v) is 9.08. The molecule has 168 valence electrons. The number of alkyl halides is 3. The Morgan fingerprint density at radius 1 is 1.32 bits per heavy atom. The number of imidazole rings is 1. The Bertz CT molecular complexity index is 1190. The Labute approximate surface area is 177 Å². The number of rotatable bonds is 6. The van der Waals surface area contributed by atoms with E-state index in [1.165, 1.54) is 39.3 Å². The van der Waals surface area contributed by atoms with Gasteiger partial charge in [0.15, 0.2) is 15.7 Å². The molecule has 0 radical (unpaired) electrons. The summed E-state index contributed by atoms with van der Waals surface area (Å²) in [5.41, 5.74) is -1.21. The fraction of sp³-hybridized carbons (Fsp3) is 0.368. The molecule has 0 aromatic carbocycles. The lowest BCUT2D eigenvalue weighted by molar-refractivity contribution is -0.0913. The number of allylic oxidation sites excluding steroid dienone is 1. The minimum absolute atomic E-state index is 0.0218. The zero-order valence-electron chi connectivity index (χ0n) is 17.4. The van der Waals surface area contributed by atoms with Crippen molar-refractivity contribution in [1.82, 2.24) is 14.5 Å². The summed E-state index contributed by atoms with van der Waals surface area (Å²) in [6.45, 7) is 5.74. The first-order valence-electron chi connectivity index (χ1n) is 8.99. The van der Waals surface area contributed by atoms with Crippen LogP contribution >= 0.6 is 0 Å². The van der Waals surface area contributed by atoms with E-state index < -0.39 is 27.7 Å². The average molecular weight is 458 g/mol. The number of aromatic carboxylic acids is 1. The van der Waals surface area contributed by atoms with Gasteiger partial charge in [-0.05, 0) is 32.9 Å². The molecule has 2 aromatic rings. The number of sulfone groups is 1. The number of aliphatic imine (C=N–C) groups is 1. The predicted octanol–water partition coefficient (Wildman–Crippen LogP) is 3.67. The Morgan fingerprint density at radius 3 is 2.42 bits per heavy atom. The van der Waals surface area contributed by atoms with Gasteiger partial charge in [0.2, 0.25) is 0 Å². The van der Waals surface area contributed by atoms with Gasteiger partial charge in [-0.1, -0.05) is 6.92 Å². The maximum atomic E-state index is 13.4. The van der Waals surface area contributed by atoms with Crippen molar-refractivity contribution in [3.8, 4) is 11.5 Å². The van der Waals surface area contributed by atoms with Crippen LogP contribution in [0.2, 0.25) is 0 Å². The Hall–Kier alpha value is -3.02. The van der Waals surface area contributed by atoms with Gasteiger partial charge >= 0.3 is 12.1 Å². The van der Waals surface area contributed by atoms with Gasteiger partial charge in [0, 0.05) is 24.7 Å². The van der Waals surface area contributed by atoms with E-state index in [1.54, 1.807) is 0 Å². The zero-order chi connectivity index (χ0) is 23.7. The fourth-order valence-electron chi connectivity index (χ4n) is 2.62. The maximum Gasteiger partial charge on any atom is 0.433 e. The van der Waals surface area contributed by atoms with Crippen LogP contribution < -0.4 is 0 Å². The monoisotopic (exact) mass is 458 g/mol. The number of hydrogen-bond acceptors (Lipinski definition) is 6. The van der Waals surface area contributed by atoms with E-state index in [0.717, 1.165) is 18.3 Å². The van der Waals surface area contributed by atoms with Gasteiger partial charge in [-0.25, -0.2) is 18.2 Å². The van der Waals surface area contributed by atoms with Crippen LogP contribution in [0.4, 0.5) is 13.2 Å². The van der Waals surface area contributed by atoms with Crippen LogP contribution in [0.3, 0.4) is 0 Å². The van der Waals surface area contributed by atoms with Gasteiger partial charge in [-0.15, -0.1) is 0 Å². The number of aromatic nitrogens is 3. The summed E-state index contributed by atoms with van der Waals surface area (Å²) in [6, 6.07) is 0.967. The standard InChI is InChI=1S/C19H21F3N4O4S/c1-6-31(29,30)14-7-12(18(27)28)9-23-16(14)17-25-13(11(4)26(17)5)8-15(19(20,21)22)24-10(2)3/h7-9H,6H2,1-5H3,(H,27,28)/b15-8-. The van der Waals surface area contributed by atoms with Crippen molar-refractivity contribution in [3.05, 3.63) is 34.9 Å². The Morgan fingerprint density at radius 2 is 1.94 bits per heavy atom. The molecular weight excluding hydrogens is 437 g/mol. The second-order valence-electron chi connectivity index (χ2n) is 6.83. The smallest absolute Gasteiger partial charge is 0.433 e. The number of halogens is 3. The van der Waals surface area contributed by atoms with Gasteiger partial charge in [0.1, 0.15) is 11.4 Å². The minimum atomic E-state index is -4.72. The van der Waals surface area contributed by atoms with Crippen molar-refractivity contribution >= 4 is 27.6 Å². The van der Waals surface area contributed by atoms with Crippen molar-refractivity contribution < 1.29 is 31.5 Å². The summed E-state index contributed by atoms with van der Waals surface area (Å²) in [7, 11) is -2.42. The number of carboxylic acid groups (broad SMARTS) is 1. The van der Waals surface area contributed by atoms with E-state index in [-0.39, 0.29) is 39.1 Å². The highest BCUT2D eigenvalue weighted by Crippen LogP contribution is 2.32. The third kappa shape index (κ3) is 5.19. The van der Waals surface area contributed by atoms with Crippen molar-refractivity contribution in [3.63, 3.8) is 0 Å². The molecule has 0 spiro atoms. The van der Waals surface area contributed by atoms with E-state index >= 15 is 0 Å². The molecule has 8 nitrogen and oxygen atoms in total. The Kier molecular flexibility index (Phi) is 6.74. The number of carbonyl (C=O) groups is 1. The highest BCUT2D eigenvalue weighted by atomic mass is 32.2. The number of nitrogens with zero attached hydrogens (tertiary/aromatic N) is 4. The van der Waals surface area contributed by atoms with Gasteiger partial charge < -0.3 is 9.67 Å². The van der Waals surface area contributed by atoms with E-state index in [2.05, 4.69) is 15.0 Å². The van der Waals surface area contributed by atoms with Gasteiger partial charge in [0.25, 0.3) is 0 Å². The number of pyridine rings is 1. The van der Waals surface area contributed by atoms with E-state index in [1.807, 2.05) is 0 Å². The lowest BCUT2D eigenvalue weighted by atomic mass is 10.2. The van der Waals surface area contributed by atoms with Crippen LogP contribution in [0.5, 0.6) is 0 Å². The van der Waals surface area contributed by atoms with Crippen LogP contribution in [0.25, 0.3) is 17.6 Å². The van der Waals surface area contributed by atoms with Crippen molar-refractivity contribution in [1.29, 1.82) is 0 Å². The molecule has 2 heterocycles. The average Bonchev–Trinajstić information content (AvgIpc) is 2.94. The molecular formula is C19H21F3N4O4S. The normalized spacial score (nSPS) is 12.7. The first-order valence-corrected chi connectivity index (χ1v) is 10.6. The lowest BCUT2D eigenvalue weighted by Gasteiger charge is -2.10. The molecule has 0 amide bonds. The minimum Gasteiger partial charge on any atom is -0.478 e. The lowest BCUT2D eigenvalue weighted by Crippen LogP contribution is -2.11. The number of hydrogen-bond donors (Lipinski definition) is 1. The SMILES string of the molecule is CCS(=O)(=O)c1cc(C(=O)O)cnc1-c1nc(/C=C(\N=C(C)C)C(F)(F)F)c(C)n1C. The van der Waals surface area contributed by atoms with Gasteiger partial charge in [0.05, 0.1) is 21.9 Å². The van der Waals surface area contributed by atoms with Crippen molar-refractivity contribution in [2.45, 2.75) is 38.8 Å². The molecule has 2 rings (SSSR count). The Balaban J connectivity index is 2.80. The summed E-state index contributed by atoms with van der Waals surface area (Å²) in [5.74, 6) is -1.72. The molecule has 0 aliphatic rings. The molecule has 0 aliphatic heterocycles. The predicted molar refractivity (Wildman–Crippen MR) is 109 cm³/mol. The van der Waals surface area contributed by atoms with Crippen LogP contribution in [0.1, 0.15) is 42.5 Å². The highest BCUT2D eigenvalue weighted by Gasteiger charge is 2.34. The van der Waals surface area contributed by atoms with Gasteiger partial charge in [-0.3, -0.25) is 9.98 Å². The molecule has 0 saturated carbocycles. The summed E-state index contributed by atoms with van der Waals surface area (Å²) in [5, 5.41) is 9.18. The van der Waals surface area contributed by atoms with E-state index in [9.17, 15) is 31.5 Å². The molecule has 0 bridgehead atoms. The molecule has 31 heavy (non-hydrogen) atoms. The quantitative estimate of drug-likeness (QED) is 0.661. The second kappa shape index (κ2) is 8.61. The maximum absolute atomic E-state index is 13.4. The van der Waals surface area contributed by atoms with Crippen LogP contribution in [-0.2, 0) is 16.9 Å². The first kappa shape index (κ1) is 24.3. The molecule has 2 aromatic heterocycles. The summed E-state index contributed by atoms with van der Waals surface area (Å²) < 4.78 is 66.6. The summed E-state index contributed by atoms with van der Waals surface area (Å²) in [4.78, 5) is 22.6. The summed E-state index contributed by atoms with van der Waals surface area (Å²) in [6.07, 6.45) is -2.98. The highest BCUT2D eigenvalue weighted by molar-refractivity contribution is 7.91. The number of carboxylic acids is 1. The molecule has 0 unspecified atom stereocenters. The van der Waals surface area contributed by atoms with Crippen LogP contribution in [-0.4, -0.2) is 51.7 Å². The van der Waals surface area contributed by atoms with Crippen LogP contribution in [0.15, 0.2) is 27.8 Å².